The number of nitrogens with zero attached hydrogens (tertiary/aromatic N) is 4. The lowest BCUT2D eigenvalue weighted by Gasteiger charge is -2.57. The first kappa shape index (κ1) is 15.7. The molecule has 126 valence electrons. The molecular weight excluding hydrogens is 322 g/mol. The maximum atomic E-state index is 13.3. The summed E-state index contributed by atoms with van der Waals surface area (Å²) < 4.78 is 0. The predicted molar refractivity (Wildman–Crippen MR) is 92.6 cm³/mol. The van der Waals surface area contributed by atoms with Crippen LogP contribution in [0.2, 0.25) is 0 Å². The number of carbonyl (C=O) groups excluding carboxylic acids is 1. The third-order valence-electron chi connectivity index (χ3n) is 5.43. The van der Waals surface area contributed by atoms with E-state index in [1.54, 1.807) is 18.5 Å². The fourth-order valence-corrected chi connectivity index (χ4v) is 4.89. The van der Waals surface area contributed by atoms with Gasteiger partial charge >= 0.3 is 0 Å². The normalized spacial score (nSPS) is 28.5. The molecule has 1 amide bonds. The van der Waals surface area contributed by atoms with E-state index in [-0.39, 0.29) is 11.9 Å². The molecular formula is C17H21N5OS. The summed E-state index contributed by atoms with van der Waals surface area (Å²) in [5.41, 5.74) is 6.47. The summed E-state index contributed by atoms with van der Waals surface area (Å²) in [6, 6.07) is 2.17. The summed E-state index contributed by atoms with van der Waals surface area (Å²) >= 11 is 1.47. The Hall–Kier alpha value is -1.86. The Morgan fingerprint density at radius 1 is 1.38 bits per heavy atom. The Morgan fingerprint density at radius 3 is 2.75 bits per heavy atom. The first-order valence-electron chi connectivity index (χ1n) is 8.37. The van der Waals surface area contributed by atoms with Crippen LogP contribution in [-0.4, -0.2) is 44.4 Å². The van der Waals surface area contributed by atoms with Crippen molar-refractivity contribution in [3.8, 4) is 10.7 Å². The molecule has 5 rings (SSSR count). The number of fused-ring (bicyclic) bond motifs is 2. The Balaban J connectivity index is 1.72. The minimum Gasteiger partial charge on any atom is -0.330 e. The fourth-order valence-electron chi connectivity index (χ4n) is 4.03. The monoisotopic (exact) mass is 343 g/mol. The summed E-state index contributed by atoms with van der Waals surface area (Å²) in [6.45, 7) is 4.62. The summed E-state index contributed by atoms with van der Waals surface area (Å²) in [7, 11) is 0. The molecule has 2 aliphatic heterocycles. The number of aryl methyl sites for hydroxylation is 1. The van der Waals surface area contributed by atoms with E-state index in [4.69, 9.17) is 5.73 Å². The molecule has 4 heterocycles. The number of hydrogen-bond donors (Lipinski definition) is 1. The van der Waals surface area contributed by atoms with E-state index < -0.39 is 0 Å². The Morgan fingerprint density at radius 2 is 2.08 bits per heavy atom. The molecule has 24 heavy (non-hydrogen) atoms. The van der Waals surface area contributed by atoms with Crippen LogP contribution in [0.3, 0.4) is 0 Å². The number of thiazole rings is 1. The molecule has 2 aromatic heterocycles. The summed E-state index contributed by atoms with van der Waals surface area (Å²) in [4.78, 5) is 29.2. The lowest BCUT2D eigenvalue weighted by atomic mass is 9.64. The number of amides is 1. The summed E-state index contributed by atoms with van der Waals surface area (Å²) in [6.07, 6.45) is 5.55. The molecule has 7 heteroatoms. The van der Waals surface area contributed by atoms with Crippen molar-refractivity contribution >= 4 is 17.2 Å². The van der Waals surface area contributed by atoms with Crippen molar-refractivity contribution in [3.63, 3.8) is 0 Å². The molecule has 0 radical (unpaired) electrons. The maximum Gasteiger partial charge on any atom is 0.274 e. The van der Waals surface area contributed by atoms with Crippen molar-refractivity contribution in [1.82, 2.24) is 19.9 Å². The van der Waals surface area contributed by atoms with Gasteiger partial charge in [0.05, 0.1) is 5.01 Å². The second-order valence-corrected chi connectivity index (χ2v) is 7.95. The van der Waals surface area contributed by atoms with Crippen molar-refractivity contribution in [2.24, 2.45) is 17.6 Å². The first-order chi connectivity index (χ1) is 11.6. The van der Waals surface area contributed by atoms with E-state index >= 15 is 0 Å². The van der Waals surface area contributed by atoms with Gasteiger partial charge in [-0.25, -0.2) is 15.0 Å². The summed E-state index contributed by atoms with van der Waals surface area (Å²) in [5.74, 6) is 1.70. The first-order valence-corrected chi connectivity index (χ1v) is 9.19. The van der Waals surface area contributed by atoms with Crippen molar-refractivity contribution < 1.29 is 4.79 Å². The maximum absolute atomic E-state index is 13.3. The van der Waals surface area contributed by atoms with Crippen molar-refractivity contribution in [3.05, 3.63) is 29.2 Å². The number of hydrogen-bond acceptors (Lipinski definition) is 6. The van der Waals surface area contributed by atoms with Gasteiger partial charge in [0.25, 0.3) is 5.91 Å². The van der Waals surface area contributed by atoms with Gasteiger partial charge in [-0.2, -0.15) is 0 Å². The summed E-state index contributed by atoms with van der Waals surface area (Å²) in [5, 5.41) is 0.849. The molecule has 2 atom stereocenters. The third kappa shape index (κ3) is 2.34. The van der Waals surface area contributed by atoms with E-state index in [1.807, 2.05) is 11.8 Å². The zero-order valence-corrected chi connectivity index (χ0v) is 14.7. The lowest BCUT2D eigenvalue weighted by Crippen LogP contribution is -2.64. The van der Waals surface area contributed by atoms with Gasteiger partial charge in [0.2, 0.25) is 0 Å². The van der Waals surface area contributed by atoms with Gasteiger partial charge in [0, 0.05) is 31.0 Å². The molecule has 3 fully saturated rings. The molecule has 0 aromatic carbocycles. The van der Waals surface area contributed by atoms with Crippen molar-refractivity contribution in [2.75, 3.05) is 6.54 Å². The number of aromatic nitrogens is 3. The molecule has 2 aromatic rings. The molecule has 0 spiro atoms. The predicted octanol–water partition coefficient (Wildman–Crippen LogP) is 2.11. The second-order valence-electron chi connectivity index (χ2n) is 6.74. The Bertz CT molecular complexity index is 756. The molecule has 2 unspecified atom stereocenters. The van der Waals surface area contributed by atoms with Gasteiger partial charge in [-0.05, 0) is 37.7 Å². The number of piperidine rings is 2. The van der Waals surface area contributed by atoms with Gasteiger partial charge in [-0.15, -0.1) is 11.3 Å². The molecule has 2 saturated heterocycles. The molecule has 1 aliphatic carbocycles. The minimum atomic E-state index is -0.0211. The Labute approximate surface area is 145 Å². The number of carbonyl (C=O) groups is 1. The van der Waals surface area contributed by atoms with Gasteiger partial charge in [0.1, 0.15) is 4.88 Å². The molecule has 2 bridgehead atoms. The standard InChI is InChI=1S/C17H21N5OS/c1-9-11-6-12(7-11)22(13(9)8-18)17(23)14-15(24-10(2)21-14)16-19-4-3-5-20-16/h3-5,9,11-13H,6-8,18H2,1-2H3. The van der Waals surface area contributed by atoms with Crippen LogP contribution < -0.4 is 5.73 Å². The van der Waals surface area contributed by atoms with Crippen LogP contribution in [0.25, 0.3) is 10.7 Å². The van der Waals surface area contributed by atoms with Crippen LogP contribution in [0.5, 0.6) is 0 Å². The Kier molecular flexibility index (Phi) is 3.85. The largest absolute Gasteiger partial charge is 0.330 e. The van der Waals surface area contributed by atoms with Crippen LogP contribution >= 0.6 is 11.3 Å². The smallest absolute Gasteiger partial charge is 0.274 e. The van der Waals surface area contributed by atoms with Gasteiger partial charge in [-0.3, -0.25) is 4.79 Å². The highest BCUT2D eigenvalue weighted by atomic mass is 32.1. The molecule has 2 N–H and O–H groups in total. The van der Waals surface area contributed by atoms with Crippen molar-refractivity contribution in [1.29, 1.82) is 0 Å². The number of nitrogens with two attached hydrogens (primary N) is 1. The quantitative estimate of drug-likeness (QED) is 0.922. The average Bonchev–Trinajstić information content (AvgIpc) is 2.95. The highest BCUT2D eigenvalue weighted by molar-refractivity contribution is 7.15. The minimum absolute atomic E-state index is 0.0211. The zero-order valence-electron chi connectivity index (χ0n) is 13.8. The fraction of sp³-hybridized carbons (Fsp3) is 0.529. The highest BCUT2D eigenvalue weighted by Gasteiger charge is 2.50. The van der Waals surface area contributed by atoms with Crippen LogP contribution in [0.4, 0.5) is 0 Å². The van der Waals surface area contributed by atoms with Gasteiger partial charge in [-0.1, -0.05) is 6.92 Å². The van der Waals surface area contributed by atoms with Crippen LogP contribution in [0.1, 0.15) is 35.3 Å². The van der Waals surface area contributed by atoms with E-state index in [9.17, 15) is 4.79 Å². The van der Waals surface area contributed by atoms with E-state index in [1.165, 1.54) is 11.3 Å². The average molecular weight is 343 g/mol. The highest BCUT2D eigenvalue weighted by Crippen LogP contribution is 2.47. The van der Waals surface area contributed by atoms with Gasteiger partial charge < -0.3 is 10.6 Å². The lowest BCUT2D eigenvalue weighted by molar-refractivity contribution is -0.0516. The van der Waals surface area contributed by atoms with Crippen LogP contribution in [0, 0.1) is 18.8 Å². The van der Waals surface area contributed by atoms with Gasteiger partial charge in [0.15, 0.2) is 11.5 Å². The molecule has 6 nitrogen and oxygen atoms in total. The van der Waals surface area contributed by atoms with E-state index in [2.05, 4.69) is 21.9 Å². The molecule has 1 saturated carbocycles. The van der Waals surface area contributed by atoms with E-state index in [0.29, 0.717) is 35.9 Å². The van der Waals surface area contributed by atoms with E-state index in [0.717, 1.165) is 22.7 Å². The topological polar surface area (TPSA) is 85.0 Å². The third-order valence-corrected chi connectivity index (χ3v) is 6.40. The SMILES string of the molecule is Cc1nc(C(=O)N2C3CC(C3)C(C)C2CN)c(-c2ncccn2)s1. The van der Waals surface area contributed by atoms with Crippen LogP contribution in [0.15, 0.2) is 18.5 Å². The zero-order chi connectivity index (χ0) is 16.8. The van der Waals surface area contributed by atoms with Crippen LogP contribution in [-0.2, 0) is 0 Å². The van der Waals surface area contributed by atoms with Crippen molar-refractivity contribution in [2.45, 2.75) is 38.8 Å². The molecule has 3 aliphatic rings. The second kappa shape index (κ2) is 5.89. The number of rotatable bonds is 3.